The molecule has 0 aliphatic heterocycles. The summed E-state index contributed by atoms with van der Waals surface area (Å²) in [6, 6.07) is 7.92. The number of hydrogen-bond acceptors (Lipinski definition) is 4. The summed E-state index contributed by atoms with van der Waals surface area (Å²) in [6.45, 7) is -0.424. The van der Waals surface area contributed by atoms with Crippen molar-refractivity contribution in [3.05, 3.63) is 58.6 Å². The minimum atomic E-state index is -4.71. The highest BCUT2D eigenvalue weighted by Crippen LogP contribution is 2.46. The average molecular weight is 467 g/mol. The van der Waals surface area contributed by atoms with Gasteiger partial charge in [-0.3, -0.25) is 19.0 Å². The number of nitrogens with zero attached hydrogens (tertiary/aromatic N) is 4. The standard InChI is InChI=1S/C20H18ClF3N6O2/c1-29-8-7-14(27-29)19(32)26-13-4-2-3-12(9-13)25-15(31)10-30-17(11-5-6-11)16(21)18(28-30)20(22,23)24/h2-4,7-9,11H,5-6,10H2,1H3,(H,25,31)(H,26,32). The van der Waals surface area contributed by atoms with Gasteiger partial charge in [0.2, 0.25) is 5.91 Å². The summed E-state index contributed by atoms with van der Waals surface area (Å²) >= 11 is 5.93. The maximum Gasteiger partial charge on any atom is 0.436 e. The molecule has 0 bridgehead atoms. The normalized spacial score (nSPS) is 13.8. The molecule has 0 spiro atoms. The third-order valence-corrected chi connectivity index (χ3v) is 5.18. The van der Waals surface area contributed by atoms with Crippen LogP contribution >= 0.6 is 11.6 Å². The molecular formula is C20H18ClF3N6O2. The summed E-state index contributed by atoms with van der Waals surface area (Å²) in [5.41, 5.74) is 0.0406. The number of aromatic nitrogens is 4. The minimum absolute atomic E-state index is 0.135. The summed E-state index contributed by atoms with van der Waals surface area (Å²) < 4.78 is 42.1. The van der Waals surface area contributed by atoms with Crippen LogP contribution in [0.15, 0.2) is 36.5 Å². The molecular weight excluding hydrogens is 449 g/mol. The zero-order valence-electron chi connectivity index (χ0n) is 16.8. The molecule has 2 amide bonds. The number of carbonyl (C=O) groups is 2. The third kappa shape index (κ3) is 4.77. The van der Waals surface area contributed by atoms with Gasteiger partial charge in [0.1, 0.15) is 6.54 Å². The molecule has 0 unspecified atom stereocenters. The largest absolute Gasteiger partial charge is 0.436 e. The van der Waals surface area contributed by atoms with Gasteiger partial charge in [-0.15, -0.1) is 0 Å². The van der Waals surface area contributed by atoms with Gasteiger partial charge in [0.25, 0.3) is 5.91 Å². The maximum atomic E-state index is 13.2. The van der Waals surface area contributed by atoms with Crippen molar-refractivity contribution in [2.24, 2.45) is 7.05 Å². The Hall–Kier alpha value is -3.34. The second kappa shape index (κ2) is 8.30. The van der Waals surface area contributed by atoms with E-state index in [-0.39, 0.29) is 17.3 Å². The van der Waals surface area contributed by atoms with Gasteiger partial charge in [-0.25, -0.2) is 0 Å². The molecule has 2 heterocycles. The Kier molecular flexibility index (Phi) is 5.68. The number of alkyl halides is 3. The molecule has 12 heteroatoms. The van der Waals surface area contributed by atoms with E-state index in [1.54, 1.807) is 37.5 Å². The third-order valence-electron chi connectivity index (χ3n) is 4.81. The Morgan fingerprint density at radius 3 is 2.44 bits per heavy atom. The van der Waals surface area contributed by atoms with Crippen LogP contribution in [0.25, 0.3) is 0 Å². The van der Waals surface area contributed by atoms with Crippen LogP contribution in [0.3, 0.4) is 0 Å². The fourth-order valence-electron chi connectivity index (χ4n) is 3.24. The van der Waals surface area contributed by atoms with E-state index in [2.05, 4.69) is 20.8 Å². The Labute approximate surface area is 185 Å². The highest BCUT2D eigenvalue weighted by atomic mass is 35.5. The van der Waals surface area contributed by atoms with Crippen molar-refractivity contribution in [2.75, 3.05) is 10.6 Å². The molecule has 0 radical (unpaired) electrons. The summed E-state index contributed by atoms with van der Waals surface area (Å²) in [5.74, 6) is -1.13. The Balaban J connectivity index is 1.46. The van der Waals surface area contributed by atoms with Crippen molar-refractivity contribution >= 4 is 34.8 Å². The Bertz CT molecular complexity index is 1180. The second-order valence-electron chi connectivity index (χ2n) is 7.44. The van der Waals surface area contributed by atoms with E-state index in [1.165, 1.54) is 10.7 Å². The molecule has 1 aromatic carbocycles. The molecule has 1 aliphatic rings. The predicted octanol–water partition coefficient (Wildman–Crippen LogP) is 4.06. The number of carbonyl (C=O) groups excluding carboxylic acids is 2. The van der Waals surface area contributed by atoms with Gasteiger partial charge in [0, 0.05) is 30.5 Å². The number of aryl methyl sites for hydroxylation is 1. The van der Waals surface area contributed by atoms with Crippen LogP contribution in [0, 0.1) is 0 Å². The van der Waals surface area contributed by atoms with E-state index in [4.69, 9.17) is 11.6 Å². The number of hydrogen-bond donors (Lipinski definition) is 2. The number of benzene rings is 1. The van der Waals surface area contributed by atoms with Gasteiger partial charge in [-0.2, -0.15) is 23.4 Å². The lowest BCUT2D eigenvalue weighted by Crippen LogP contribution is -2.21. The fourth-order valence-corrected chi connectivity index (χ4v) is 3.64. The average Bonchev–Trinajstić information content (AvgIpc) is 3.34. The molecule has 2 N–H and O–H groups in total. The van der Waals surface area contributed by atoms with Crippen LogP contribution in [0.1, 0.15) is 40.6 Å². The van der Waals surface area contributed by atoms with Crippen molar-refractivity contribution < 1.29 is 22.8 Å². The number of anilines is 2. The Morgan fingerprint density at radius 2 is 1.84 bits per heavy atom. The fraction of sp³-hybridized carbons (Fsp3) is 0.300. The van der Waals surface area contributed by atoms with Crippen LogP contribution in [-0.4, -0.2) is 31.4 Å². The van der Waals surface area contributed by atoms with E-state index >= 15 is 0 Å². The van der Waals surface area contributed by atoms with Crippen LogP contribution in [0.2, 0.25) is 5.02 Å². The van der Waals surface area contributed by atoms with E-state index in [0.717, 1.165) is 4.68 Å². The van der Waals surface area contributed by atoms with Crippen molar-refractivity contribution in [1.29, 1.82) is 0 Å². The molecule has 1 saturated carbocycles. The van der Waals surface area contributed by atoms with Gasteiger partial charge in [-0.1, -0.05) is 17.7 Å². The quantitative estimate of drug-likeness (QED) is 0.573. The van der Waals surface area contributed by atoms with E-state index < -0.39 is 35.3 Å². The summed E-state index contributed by atoms with van der Waals surface area (Å²) in [6.07, 6.45) is -1.68. The predicted molar refractivity (Wildman–Crippen MR) is 110 cm³/mol. The monoisotopic (exact) mass is 466 g/mol. The van der Waals surface area contributed by atoms with Crippen molar-refractivity contribution in [3.63, 3.8) is 0 Å². The number of amides is 2. The van der Waals surface area contributed by atoms with Crippen LogP contribution in [0.5, 0.6) is 0 Å². The van der Waals surface area contributed by atoms with Gasteiger partial charge >= 0.3 is 6.18 Å². The van der Waals surface area contributed by atoms with Crippen LogP contribution < -0.4 is 10.6 Å². The highest BCUT2D eigenvalue weighted by molar-refractivity contribution is 6.32. The molecule has 0 atom stereocenters. The molecule has 4 rings (SSSR count). The van der Waals surface area contributed by atoms with Gasteiger partial charge in [-0.05, 0) is 37.1 Å². The lowest BCUT2D eigenvalue weighted by Gasteiger charge is -2.10. The van der Waals surface area contributed by atoms with Crippen LogP contribution in [-0.2, 0) is 24.6 Å². The molecule has 2 aromatic heterocycles. The molecule has 0 saturated heterocycles. The number of nitrogens with one attached hydrogen (secondary N) is 2. The molecule has 8 nitrogen and oxygen atoms in total. The summed E-state index contributed by atoms with van der Waals surface area (Å²) in [5, 5.41) is 12.4. The number of rotatable bonds is 6. The lowest BCUT2D eigenvalue weighted by atomic mass is 10.2. The maximum absolute atomic E-state index is 13.2. The smallest absolute Gasteiger partial charge is 0.324 e. The first-order valence-corrected chi connectivity index (χ1v) is 10.0. The lowest BCUT2D eigenvalue weighted by molar-refractivity contribution is -0.141. The second-order valence-corrected chi connectivity index (χ2v) is 7.81. The molecule has 1 aliphatic carbocycles. The minimum Gasteiger partial charge on any atom is -0.324 e. The molecule has 32 heavy (non-hydrogen) atoms. The molecule has 168 valence electrons. The first-order valence-electron chi connectivity index (χ1n) is 9.66. The van der Waals surface area contributed by atoms with Crippen LogP contribution in [0.4, 0.5) is 24.5 Å². The molecule has 1 fully saturated rings. The zero-order chi connectivity index (χ0) is 23.0. The zero-order valence-corrected chi connectivity index (χ0v) is 17.5. The van der Waals surface area contributed by atoms with Crippen molar-refractivity contribution in [2.45, 2.75) is 31.5 Å². The van der Waals surface area contributed by atoms with Gasteiger partial charge in [0.15, 0.2) is 11.4 Å². The SMILES string of the molecule is Cn1ccc(C(=O)Nc2cccc(NC(=O)Cn3nc(C(F)(F)F)c(Cl)c3C3CC3)c2)n1. The Morgan fingerprint density at radius 1 is 1.16 bits per heavy atom. The van der Waals surface area contributed by atoms with Gasteiger partial charge < -0.3 is 10.6 Å². The van der Waals surface area contributed by atoms with E-state index in [1.807, 2.05) is 0 Å². The van der Waals surface area contributed by atoms with E-state index in [9.17, 15) is 22.8 Å². The first-order chi connectivity index (χ1) is 15.1. The van der Waals surface area contributed by atoms with E-state index in [0.29, 0.717) is 24.2 Å². The van der Waals surface area contributed by atoms with Crippen molar-refractivity contribution in [3.8, 4) is 0 Å². The highest BCUT2D eigenvalue weighted by Gasteiger charge is 2.42. The number of halogens is 4. The van der Waals surface area contributed by atoms with Gasteiger partial charge in [0.05, 0.1) is 10.7 Å². The molecule has 3 aromatic rings. The van der Waals surface area contributed by atoms with Crippen molar-refractivity contribution in [1.82, 2.24) is 19.6 Å². The first kappa shape index (κ1) is 21.9. The summed E-state index contributed by atoms with van der Waals surface area (Å²) in [4.78, 5) is 24.7. The summed E-state index contributed by atoms with van der Waals surface area (Å²) in [7, 11) is 1.69. The topological polar surface area (TPSA) is 93.8 Å².